The second kappa shape index (κ2) is 6.56. The van der Waals surface area contributed by atoms with E-state index >= 15 is 0 Å². The molecule has 0 heterocycles. The first-order valence-corrected chi connectivity index (χ1v) is 6.09. The average molecular weight is 291 g/mol. The van der Waals surface area contributed by atoms with Gasteiger partial charge >= 0.3 is 0 Å². The van der Waals surface area contributed by atoms with Crippen molar-refractivity contribution in [1.29, 1.82) is 0 Å². The van der Waals surface area contributed by atoms with Crippen LogP contribution in [0.5, 0.6) is 0 Å². The molecule has 1 N–H and O–H groups in total. The molecule has 18 heavy (non-hydrogen) atoms. The van der Waals surface area contributed by atoms with E-state index in [9.17, 15) is 14.9 Å². The molecule has 5 nitrogen and oxygen atoms in total. The molecule has 0 aliphatic rings. The number of carbonyl (C=O) groups excluding carboxylic acids is 1. The van der Waals surface area contributed by atoms with Crippen molar-refractivity contribution < 1.29 is 9.72 Å². The molecule has 1 aromatic rings. The topological polar surface area (TPSA) is 72.2 Å². The minimum absolute atomic E-state index is 0.0426. The molecular weight excluding hydrogens is 279 g/mol. The maximum atomic E-state index is 11.7. The number of amides is 1. The van der Waals surface area contributed by atoms with Crippen LogP contribution in [0.2, 0.25) is 5.02 Å². The van der Waals surface area contributed by atoms with Crippen LogP contribution in [-0.2, 0) is 0 Å². The normalized spacial score (nSPS) is 11.9. The summed E-state index contributed by atoms with van der Waals surface area (Å²) in [5, 5.41) is 13.4. The molecule has 98 valence electrons. The molecule has 7 heteroatoms. The van der Waals surface area contributed by atoms with Gasteiger partial charge < -0.3 is 5.32 Å². The van der Waals surface area contributed by atoms with Gasteiger partial charge in [-0.05, 0) is 19.4 Å². The lowest BCUT2D eigenvalue weighted by atomic mass is 10.2. The van der Waals surface area contributed by atoms with E-state index < -0.39 is 10.8 Å². The SMILES string of the molecule is CC(Cl)CCNC(=O)c1cc(Cl)cc([N+](=O)[O-])c1. The van der Waals surface area contributed by atoms with Gasteiger partial charge in [-0.3, -0.25) is 14.9 Å². The highest BCUT2D eigenvalue weighted by molar-refractivity contribution is 6.31. The highest BCUT2D eigenvalue weighted by atomic mass is 35.5. The van der Waals surface area contributed by atoms with Crippen molar-refractivity contribution >= 4 is 34.8 Å². The van der Waals surface area contributed by atoms with Crippen LogP contribution in [0.25, 0.3) is 0 Å². The fourth-order valence-corrected chi connectivity index (χ4v) is 1.64. The van der Waals surface area contributed by atoms with E-state index in [2.05, 4.69) is 5.32 Å². The maximum absolute atomic E-state index is 11.7. The highest BCUT2D eigenvalue weighted by Crippen LogP contribution is 2.20. The van der Waals surface area contributed by atoms with Gasteiger partial charge in [0.05, 0.1) is 4.92 Å². The largest absolute Gasteiger partial charge is 0.352 e. The molecule has 0 aliphatic heterocycles. The lowest BCUT2D eigenvalue weighted by molar-refractivity contribution is -0.384. The van der Waals surface area contributed by atoms with Gasteiger partial charge in [-0.25, -0.2) is 0 Å². The Balaban J connectivity index is 2.76. The summed E-state index contributed by atoms with van der Waals surface area (Å²) in [4.78, 5) is 21.8. The van der Waals surface area contributed by atoms with Crippen LogP contribution in [0.3, 0.4) is 0 Å². The number of hydrogen-bond acceptors (Lipinski definition) is 3. The van der Waals surface area contributed by atoms with Crippen molar-refractivity contribution in [3.8, 4) is 0 Å². The number of nitro benzene ring substituents is 1. The number of alkyl halides is 1. The van der Waals surface area contributed by atoms with Gasteiger partial charge in [-0.2, -0.15) is 0 Å². The van der Waals surface area contributed by atoms with E-state index in [0.717, 1.165) is 0 Å². The standard InChI is InChI=1S/C11H12Cl2N2O3/c1-7(12)2-3-14-11(16)8-4-9(13)6-10(5-8)15(17)18/h4-7H,2-3H2,1H3,(H,14,16). The van der Waals surface area contributed by atoms with E-state index in [0.29, 0.717) is 13.0 Å². The molecule has 1 rings (SSSR count). The first-order chi connectivity index (χ1) is 8.40. The fourth-order valence-electron chi connectivity index (χ4n) is 1.30. The third-order valence-corrected chi connectivity index (χ3v) is 2.62. The van der Waals surface area contributed by atoms with E-state index in [1.807, 2.05) is 6.92 Å². The molecule has 0 spiro atoms. The molecule has 0 aliphatic carbocycles. The number of carbonyl (C=O) groups is 1. The van der Waals surface area contributed by atoms with E-state index in [1.165, 1.54) is 18.2 Å². The van der Waals surface area contributed by atoms with Crippen LogP contribution in [-0.4, -0.2) is 22.8 Å². The zero-order chi connectivity index (χ0) is 13.7. The van der Waals surface area contributed by atoms with E-state index in [-0.39, 0.29) is 21.7 Å². The molecule has 1 amide bonds. The Kier molecular flexibility index (Phi) is 5.37. The minimum Gasteiger partial charge on any atom is -0.352 e. The number of benzene rings is 1. The number of hydrogen-bond donors (Lipinski definition) is 1. The summed E-state index contributed by atoms with van der Waals surface area (Å²) in [7, 11) is 0. The van der Waals surface area contributed by atoms with Crippen LogP contribution in [0, 0.1) is 10.1 Å². The molecule has 0 aromatic heterocycles. The van der Waals surface area contributed by atoms with Crippen molar-refractivity contribution in [1.82, 2.24) is 5.32 Å². The van der Waals surface area contributed by atoms with Gasteiger partial charge in [0.2, 0.25) is 0 Å². The Hall–Kier alpha value is -1.33. The number of nitrogens with one attached hydrogen (secondary N) is 1. The van der Waals surface area contributed by atoms with Crippen molar-refractivity contribution in [3.63, 3.8) is 0 Å². The summed E-state index contributed by atoms with van der Waals surface area (Å²) >= 11 is 11.5. The second-order valence-electron chi connectivity index (χ2n) is 3.78. The maximum Gasteiger partial charge on any atom is 0.271 e. The van der Waals surface area contributed by atoms with Gasteiger partial charge in [-0.1, -0.05) is 11.6 Å². The fraction of sp³-hybridized carbons (Fsp3) is 0.364. The number of halogens is 2. The Morgan fingerprint density at radius 3 is 2.72 bits per heavy atom. The Morgan fingerprint density at radius 1 is 1.50 bits per heavy atom. The van der Waals surface area contributed by atoms with Crippen molar-refractivity contribution in [2.24, 2.45) is 0 Å². The lowest BCUT2D eigenvalue weighted by Gasteiger charge is -2.06. The van der Waals surface area contributed by atoms with Crippen LogP contribution in [0.1, 0.15) is 23.7 Å². The van der Waals surface area contributed by atoms with Crippen molar-refractivity contribution in [2.45, 2.75) is 18.7 Å². The summed E-state index contributed by atoms with van der Waals surface area (Å²) in [6.07, 6.45) is 0.621. The van der Waals surface area contributed by atoms with Crippen LogP contribution < -0.4 is 5.32 Å². The van der Waals surface area contributed by atoms with Gasteiger partial charge in [0.15, 0.2) is 0 Å². The van der Waals surface area contributed by atoms with Crippen molar-refractivity contribution in [2.75, 3.05) is 6.54 Å². The Morgan fingerprint density at radius 2 is 2.17 bits per heavy atom. The Labute approximate surface area is 114 Å². The Bertz CT molecular complexity index is 464. The average Bonchev–Trinajstić information content (AvgIpc) is 2.27. The molecular formula is C11H12Cl2N2O3. The third kappa shape index (κ3) is 4.50. The molecule has 0 bridgehead atoms. The third-order valence-electron chi connectivity index (χ3n) is 2.18. The van der Waals surface area contributed by atoms with Gasteiger partial charge in [0.1, 0.15) is 0 Å². The molecule has 1 atom stereocenters. The van der Waals surface area contributed by atoms with Gasteiger partial charge in [0.25, 0.3) is 11.6 Å². The number of nitro groups is 1. The second-order valence-corrected chi connectivity index (χ2v) is 4.96. The smallest absolute Gasteiger partial charge is 0.271 e. The predicted octanol–water partition coefficient (Wildman–Crippen LogP) is 3.00. The van der Waals surface area contributed by atoms with Crippen molar-refractivity contribution in [3.05, 3.63) is 38.9 Å². The van der Waals surface area contributed by atoms with Crippen LogP contribution >= 0.6 is 23.2 Å². The molecule has 1 aromatic carbocycles. The molecule has 0 radical (unpaired) electrons. The molecule has 1 unspecified atom stereocenters. The van der Waals surface area contributed by atoms with Crippen LogP contribution in [0.4, 0.5) is 5.69 Å². The number of rotatable bonds is 5. The zero-order valence-electron chi connectivity index (χ0n) is 9.65. The van der Waals surface area contributed by atoms with E-state index in [1.54, 1.807) is 0 Å². The monoisotopic (exact) mass is 290 g/mol. The zero-order valence-corrected chi connectivity index (χ0v) is 11.2. The lowest BCUT2D eigenvalue weighted by Crippen LogP contribution is -2.25. The van der Waals surface area contributed by atoms with E-state index in [4.69, 9.17) is 23.2 Å². The summed E-state index contributed by atoms with van der Waals surface area (Å²) in [5.41, 5.74) is -0.0465. The summed E-state index contributed by atoms with van der Waals surface area (Å²) in [6.45, 7) is 2.22. The highest BCUT2D eigenvalue weighted by Gasteiger charge is 2.13. The van der Waals surface area contributed by atoms with Gasteiger partial charge in [-0.15, -0.1) is 11.6 Å². The predicted molar refractivity (Wildman–Crippen MR) is 70.4 cm³/mol. The molecule has 0 saturated carbocycles. The number of nitrogens with zero attached hydrogens (tertiary/aromatic N) is 1. The summed E-state index contributed by atoms with van der Waals surface area (Å²) < 4.78 is 0. The minimum atomic E-state index is -0.594. The van der Waals surface area contributed by atoms with Gasteiger partial charge in [0, 0.05) is 34.6 Å². The quantitative estimate of drug-likeness (QED) is 0.515. The first-order valence-electron chi connectivity index (χ1n) is 5.27. The summed E-state index contributed by atoms with van der Waals surface area (Å²) in [5.74, 6) is -0.405. The molecule has 0 fully saturated rings. The molecule has 0 saturated heterocycles. The number of non-ortho nitro benzene ring substituents is 1. The summed E-state index contributed by atoms with van der Waals surface area (Å²) in [6, 6.07) is 3.76. The first kappa shape index (κ1) is 14.7. The van der Waals surface area contributed by atoms with Crippen LogP contribution in [0.15, 0.2) is 18.2 Å².